The fraction of sp³-hybridized carbons (Fsp3) is 0.450. The van der Waals surface area contributed by atoms with E-state index < -0.39 is 23.3 Å². The number of ketones is 1. The molecule has 0 saturated heterocycles. The van der Waals surface area contributed by atoms with Gasteiger partial charge in [-0.15, -0.1) is 0 Å². The number of esters is 2. The van der Waals surface area contributed by atoms with Crippen LogP contribution in [-0.2, 0) is 19.1 Å². The van der Waals surface area contributed by atoms with E-state index in [0.29, 0.717) is 11.1 Å². The Morgan fingerprint density at radius 3 is 2.04 bits per heavy atom. The van der Waals surface area contributed by atoms with Crippen LogP contribution >= 0.6 is 0 Å². The summed E-state index contributed by atoms with van der Waals surface area (Å²) in [5.74, 6) is -2.04. The number of hydrogen-bond donors (Lipinski definition) is 0. The molecule has 0 bridgehead atoms. The van der Waals surface area contributed by atoms with E-state index in [0.717, 1.165) is 5.57 Å². The molecule has 0 fully saturated rings. The smallest absolute Gasteiger partial charge is 0.324 e. The van der Waals surface area contributed by atoms with Gasteiger partial charge in [0, 0.05) is 17.1 Å². The Balaban J connectivity index is 2.45. The molecule has 1 aromatic rings. The zero-order valence-corrected chi connectivity index (χ0v) is 15.1. The molecule has 0 aliphatic heterocycles. The van der Waals surface area contributed by atoms with E-state index in [1.165, 1.54) is 0 Å². The van der Waals surface area contributed by atoms with Crippen LogP contribution in [0.2, 0.25) is 0 Å². The van der Waals surface area contributed by atoms with Crippen molar-refractivity contribution in [1.29, 1.82) is 0 Å². The third-order valence-electron chi connectivity index (χ3n) is 4.74. The van der Waals surface area contributed by atoms with Crippen molar-refractivity contribution >= 4 is 17.7 Å². The molecule has 5 heteroatoms. The van der Waals surface area contributed by atoms with Gasteiger partial charge in [-0.25, -0.2) is 0 Å². The van der Waals surface area contributed by atoms with Gasteiger partial charge < -0.3 is 9.47 Å². The van der Waals surface area contributed by atoms with Crippen LogP contribution in [0.3, 0.4) is 0 Å². The summed E-state index contributed by atoms with van der Waals surface area (Å²) in [5.41, 5.74) is 0.262. The van der Waals surface area contributed by atoms with E-state index >= 15 is 0 Å². The Morgan fingerprint density at radius 2 is 1.56 bits per heavy atom. The fourth-order valence-corrected chi connectivity index (χ4v) is 3.52. The largest absolute Gasteiger partial charge is 0.465 e. The van der Waals surface area contributed by atoms with Gasteiger partial charge in [-0.05, 0) is 27.2 Å². The maximum absolute atomic E-state index is 13.0. The van der Waals surface area contributed by atoms with E-state index in [4.69, 9.17) is 9.47 Å². The summed E-state index contributed by atoms with van der Waals surface area (Å²) in [6.07, 6.45) is 0.139. The Morgan fingerprint density at radius 1 is 1.04 bits per heavy atom. The second kappa shape index (κ2) is 7.64. The highest BCUT2D eigenvalue weighted by Gasteiger charge is 2.59. The standard InChI is InChI=1S/C20H24O5/c1-5-24-18(22)20(19(23)25-6-2)12-13(3)16(14(20)4)17(21)15-10-8-7-9-11-15/h7-11,14H,5-6,12H2,1-4H3. The molecule has 0 N–H and O–H groups in total. The van der Waals surface area contributed by atoms with Crippen molar-refractivity contribution in [1.82, 2.24) is 0 Å². The Kier molecular flexibility index (Phi) is 5.77. The third-order valence-corrected chi connectivity index (χ3v) is 4.74. The quantitative estimate of drug-likeness (QED) is 0.450. The number of hydrogen-bond acceptors (Lipinski definition) is 5. The SMILES string of the molecule is CCOC(=O)C1(C(=O)OCC)CC(C)=C(C(=O)c2ccccc2)C1C. The summed E-state index contributed by atoms with van der Waals surface area (Å²) in [5, 5.41) is 0. The van der Waals surface area contributed by atoms with E-state index in [1.807, 2.05) is 6.07 Å². The van der Waals surface area contributed by atoms with Crippen molar-refractivity contribution in [2.24, 2.45) is 11.3 Å². The molecule has 1 aliphatic carbocycles. The van der Waals surface area contributed by atoms with Gasteiger partial charge in [0.25, 0.3) is 0 Å². The Labute approximate surface area is 148 Å². The number of rotatable bonds is 6. The van der Waals surface area contributed by atoms with Crippen molar-refractivity contribution < 1.29 is 23.9 Å². The van der Waals surface area contributed by atoms with Gasteiger partial charge in [-0.1, -0.05) is 42.8 Å². The first-order valence-corrected chi connectivity index (χ1v) is 8.53. The Bertz CT molecular complexity index is 684. The molecular formula is C20H24O5. The summed E-state index contributed by atoms with van der Waals surface area (Å²) in [7, 11) is 0. The Hall–Kier alpha value is -2.43. The van der Waals surface area contributed by atoms with Crippen LogP contribution in [-0.4, -0.2) is 30.9 Å². The van der Waals surface area contributed by atoms with Gasteiger partial charge in [0.05, 0.1) is 13.2 Å². The molecule has 5 nitrogen and oxygen atoms in total. The zero-order chi connectivity index (χ0) is 18.6. The summed E-state index contributed by atoms with van der Waals surface area (Å²) >= 11 is 0. The highest BCUT2D eigenvalue weighted by molar-refractivity contribution is 6.13. The molecule has 0 amide bonds. The second-order valence-electron chi connectivity index (χ2n) is 6.20. The molecular weight excluding hydrogens is 320 g/mol. The normalized spacial score (nSPS) is 18.8. The molecule has 0 spiro atoms. The van der Waals surface area contributed by atoms with Crippen LogP contribution < -0.4 is 0 Å². The van der Waals surface area contributed by atoms with Crippen LogP contribution in [0.25, 0.3) is 0 Å². The topological polar surface area (TPSA) is 69.7 Å². The molecule has 0 saturated carbocycles. The first-order chi connectivity index (χ1) is 11.9. The van der Waals surface area contributed by atoms with Crippen LogP contribution in [0.1, 0.15) is 44.5 Å². The molecule has 1 unspecified atom stereocenters. The molecule has 1 aliphatic rings. The van der Waals surface area contributed by atoms with Gasteiger partial charge in [-0.2, -0.15) is 0 Å². The number of Topliss-reactive ketones (excluding diaryl/α,β-unsaturated/α-hetero) is 1. The summed E-state index contributed by atoms with van der Waals surface area (Å²) in [6, 6.07) is 8.85. The number of benzene rings is 1. The molecule has 134 valence electrons. The average molecular weight is 344 g/mol. The number of allylic oxidation sites excluding steroid dienone is 2. The van der Waals surface area contributed by atoms with Crippen molar-refractivity contribution in [3.8, 4) is 0 Å². The van der Waals surface area contributed by atoms with E-state index in [-0.39, 0.29) is 25.4 Å². The second-order valence-corrected chi connectivity index (χ2v) is 6.20. The van der Waals surface area contributed by atoms with Crippen molar-refractivity contribution in [3.05, 3.63) is 47.0 Å². The minimum absolute atomic E-state index is 0.139. The predicted molar refractivity (Wildman–Crippen MR) is 93.0 cm³/mol. The molecule has 1 aromatic carbocycles. The van der Waals surface area contributed by atoms with Gasteiger partial charge in [0.2, 0.25) is 0 Å². The lowest BCUT2D eigenvalue weighted by atomic mass is 9.74. The van der Waals surface area contributed by atoms with Crippen LogP contribution in [0.5, 0.6) is 0 Å². The summed E-state index contributed by atoms with van der Waals surface area (Å²) in [6.45, 7) is 7.20. The van der Waals surface area contributed by atoms with Gasteiger partial charge in [0.15, 0.2) is 11.2 Å². The highest BCUT2D eigenvalue weighted by Crippen LogP contribution is 2.49. The third kappa shape index (κ3) is 3.23. The van der Waals surface area contributed by atoms with E-state index in [9.17, 15) is 14.4 Å². The lowest BCUT2D eigenvalue weighted by molar-refractivity contribution is -0.174. The lowest BCUT2D eigenvalue weighted by Crippen LogP contribution is -2.45. The van der Waals surface area contributed by atoms with Crippen LogP contribution in [0.15, 0.2) is 41.5 Å². The van der Waals surface area contributed by atoms with E-state index in [2.05, 4.69) is 0 Å². The molecule has 25 heavy (non-hydrogen) atoms. The maximum Gasteiger partial charge on any atom is 0.324 e. The van der Waals surface area contributed by atoms with Gasteiger partial charge in [0.1, 0.15) is 0 Å². The van der Waals surface area contributed by atoms with Crippen molar-refractivity contribution in [2.45, 2.75) is 34.1 Å². The molecule has 0 heterocycles. The first-order valence-electron chi connectivity index (χ1n) is 8.53. The molecule has 0 radical (unpaired) electrons. The molecule has 1 atom stereocenters. The monoisotopic (exact) mass is 344 g/mol. The van der Waals surface area contributed by atoms with Gasteiger partial charge in [-0.3, -0.25) is 14.4 Å². The fourth-order valence-electron chi connectivity index (χ4n) is 3.52. The minimum Gasteiger partial charge on any atom is -0.465 e. The number of ether oxygens (including phenoxy) is 2. The molecule has 2 rings (SSSR count). The zero-order valence-electron chi connectivity index (χ0n) is 15.1. The summed E-state index contributed by atoms with van der Waals surface area (Å²) < 4.78 is 10.3. The maximum atomic E-state index is 13.0. The van der Waals surface area contributed by atoms with Crippen LogP contribution in [0.4, 0.5) is 0 Å². The highest BCUT2D eigenvalue weighted by atomic mass is 16.6. The van der Waals surface area contributed by atoms with Crippen molar-refractivity contribution in [3.63, 3.8) is 0 Å². The average Bonchev–Trinajstić information content (AvgIpc) is 2.87. The minimum atomic E-state index is -1.49. The van der Waals surface area contributed by atoms with E-state index in [1.54, 1.807) is 52.0 Å². The number of carbonyl (C=O) groups is 3. The van der Waals surface area contributed by atoms with Crippen LogP contribution in [0, 0.1) is 11.3 Å². The number of carbonyl (C=O) groups excluding carboxylic acids is 3. The van der Waals surface area contributed by atoms with Crippen molar-refractivity contribution in [2.75, 3.05) is 13.2 Å². The lowest BCUT2D eigenvalue weighted by Gasteiger charge is -2.30. The predicted octanol–water partition coefficient (Wildman–Crippen LogP) is 3.34. The first kappa shape index (κ1) is 18.9. The van der Waals surface area contributed by atoms with Gasteiger partial charge >= 0.3 is 11.9 Å². The summed E-state index contributed by atoms with van der Waals surface area (Å²) in [4.78, 5) is 38.3. The molecule has 0 aromatic heterocycles.